The van der Waals surface area contributed by atoms with Crippen LogP contribution in [0, 0.1) is 13.8 Å². The Balaban J connectivity index is 1.57. The van der Waals surface area contributed by atoms with Crippen molar-refractivity contribution in [1.82, 2.24) is 14.8 Å². The van der Waals surface area contributed by atoms with Crippen LogP contribution in [-0.2, 0) is 20.9 Å². The molecule has 0 spiro atoms. The molecule has 204 valence electrons. The molecule has 0 radical (unpaired) electrons. The first-order chi connectivity index (χ1) is 17.9. The second kappa shape index (κ2) is 10.7. The van der Waals surface area contributed by atoms with Crippen LogP contribution in [0.15, 0.2) is 29.4 Å². The fourth-order valence-electron chi connectivity index (χ4n) is 3.96. The third-order valence-electron chi connectivity index (χ3n) is 6.26. The Morgan fingerprint density at radius 1 is 1.21 bits per heavy atom. The molecular formula is C24H30N5O8P. The minimum atomic E-state index is -4.84. The number of rotatable bonds is 9. The minimum absolute atomic E-state index is 0.113. The third kappa shape index (κ3) is 6.48. The number of hydrogen-bond donors (Lipinski definition) is 4. The Morgan fingerprint density at radius 3 is 2.50 bits per heavy atom. The van der Waals surface area contributed by atoms with Crippen LogP contribution >= 0.6 is 7.82 Å². The van der Waals surface area contributed by atoms with Gasteiger partial charge in [0.15, 0.2) is 0 Å². The number of phosphoric acid groups is 1. The monoisotopic (exact) mass is 547 g/mol. The highest BCUT2D eigenvalue weighted by Crippen LogP contribution is 2.36. The molecule has 2 aliphatic rings. The molecule has 1 aromatic carbocycles. The smallest absolute Gasteiger partial charge is 0.421 e. The number of hydrogen-bond acceptors (Lipinski definition) is 7. The van der Waals surface area contributed by atoms with Crippen molar-refractivity contribution >= 4 is 37.3 Å². The number of amides is 3. The number of nitrogens with zero attached hydrogens (tertiary/aromatic N) is 3. The van der Waals surface area contributed by atoms with E-state index in [1.54, 1.807) is 36.7 Å². The van der Waals surface area contributed by atoms with Gasteiger partial charge in [-0.25, -0.2) is 23.8 Å². The summed E-state index contributed by atoms with van der Waals surface area (Å²) in [6.45, 7) is 2.51. The molecule has 14 heteroatoms. The van der Waals surface area contributed by atoms with Gasteiger partial charge in [-0.05, 0) is 62.8 Å². The topological polar surface area (TPSA) is 186 Å². The zero-order valence-corrected chi connectivity index (χ0v) is 22.1. The highest BCUT2D eigenvalue weighted by atomic mass is 31.2. The first-order valence-electron chi connectivity index (χ1n) is 12.0. The molecule has 2 fully saturated rings. The van der Waals surface area contributed by atoms with E-state index < -0.39 is 32.7 Å². The van der Waals surface area contributed by atoms with Gasteiger partial charge in [-0.1, -0.05) is 6.07 Å². The predicted molar refractivity (Wildman–Crippen MR) is 136 cm³/mol. The van der Waals surface area contributed by atoms with Gasteiger partial charge in [0.2, 0.25) is 6.79 Å². The lowest BCUT2D eigenvalue weighted by Crippen LogP contribution is -2.39. The zero-order chi connectivity index (χ0) is 27.8. The van der Waals surface area contributed by atoms with Crippen molar-refractivity contribution in [1.29, 1.82) is 0 Å². The lowest BCUT2D eigenvalue weighted by atomic mass is 10.1. The van der Waals surface area contributed by atoms with Gasteiger partial charge in [0, 0.05) is 30.9 Å². The molecule has 38 heavy (non-hydrogen) atoms. The van der Waals surface area contributed by atoms with Gasteiger partial charge >= 0.3 is 13.9 Å². The van der Waals surface area contributed by atoms with Crippen LogP contribution in [0.1, 0.15) is 63.2 Å². The summed E-state index contributed by atoms with van der Waals surface area (Å²) in [6.07, 6.45) is 3.55. The van der Waals surface area contributed by atoms with Crippen LogP contribution in [0.2, 0.25) is 0 Å². The average Bonchev–Trinajstić information content (AvgIpc) is 3.75. The molecule has 4 rings (SSSR count). The number of imide groups is 1. The van der Waals surface area contributed by atoms with E-state index in [0.717, 1.165) is 23.3 Å². The summed E-state index contributed by atoms with van der Waals surface area (Å²) in [5, 5.41) is 2.94. The molecular weight excluding hydrogens is 517 g/mol. The van der Waals surface area contributed by atoms with E-state index in [9.17, 15) is 18.9 Å². The van der Waals surface area contributed by atoms with E-state index in [-0.39, 0.29) is 23.3 Å². The Kier molecular flexibility index (Phi) is 7.75. The molecule has 2 aliphatic carbocycles. The van der Waals surface area contributed by atoms with Crippen LogP contribution in [0.25, 0.3) is 0 Å². The number of carbonyl (C=O) groups is 3. The summed E-state index contributed by atoms with van der Waals surface area (Å²) in [6, 6.07) is 4.99. The van der Waals surface area contributed by atoms with Crippen molar-refractivity contribution in [2.75, 3.05) is 6.79 Å². The lowest BCUT2D eigenvalue weighted by molar-refractivity contribution is 0.0193. The molecule has 2 aromatic rings. The molecule has 0 saturated heterocycles. The molecule has 3 amide bonds. The number of aliphatic imine (C=N–C) groups is 1. The summed E-state index contributed by atoms with van der Waals surface area (Å²) in [7, 11) is -3.16. The second-order valence-corrected chi connectivity index (χ2v) is 10.7. The Labute approximate surface area is 218 Å². The molecule has 0 aliphatic heterocycles. The van der Waals surface area contributed by atoms with E-state index in [1.807, 2.05) is 6.92 Å². The summed E-state index contributed by atoms with van der Waals surface area (Å²) in [5.74, 6) is -0.707. The first kappa shape index (κ1) is 27.5. The maximum absolute atomic E-state index is 13.4. The average molecular weight is 548 g/mol. The number of amidine groups is 1. The summed E-state index contributed by atoms with van der Waals surface area (Å²) < 4.78 is 21.4. The minimum Gasteiger partial charge on any atom is -0.421 e. The highest BCUT2D eigenvalue weighted by molar-refractivity contribution is 7.46. The Hall–Kier alpha value is -3.51. The SMILES string of the molecule is Cc1ccc(C(=O)NC2CC2)cc1N=C(N)c1c(C)c(C(=O)N(C(=O)OCOP(=O)(O)O)C2CC2)cn1C. The summed E-state index contributed by atoms with van der Waals surface area (Å²) >= 11 is 0. The van der Waals surface area contributed by atoms with E-state index in [2.05, 4.69) is 14.8 Å². The Bertz CT molecular complexity index is 1360. The van der Waals surface area contributed by atoms with Gasteiger partial charge in [-0.15, -0.1) is 0 Å². The number of aromatic nitrogens is 1. The van der Waals surface area contributed by atoms with Crippen molar-refractivity contribution in [2.45, 2.75) is 51.6 Å². The van der Waals surface area contributed by atoms with E-state index in [4.69, 9.17) is 20.3 Å². The first-order valence-corrected chi connectivity index (χ1v) is 13.5. The number of phosphoric ester groups is 1. The second-order valence-electron chi connectivity index (χ2n) is 9.43. The zero-order valence-electron chi connectivity index (χ0n) is 21.2. The molecule has 2 saturated carbocycles. The standard InChI is InChI=1S/C24H30N5O8P/c1-13-4-5-15(22(30)26-16-6-7-16)10-19(13)27-21(25)20-14(2)18(11-28(20)3)23(31)29(17-8-9-17)24(32)36-12-37-38(33,34)35/h4-5,10-11,16-17H,6-9,12H2,1-3H3,(H2,25,27)(H,26,30)(H2,33,34,35). The molecule has 0 bridgehead atoms. The summed E-state index contributed by atoms with van der Waals surface area (Å²) in [4.78, 5) is 61.4. The summed E-state index contributed by atoms with van der Waals surface area (Å²) in [5.41, 5.74) is 9.26. The van der Waals surface area contributed by atoms with Gasteiger partial charge in [-0.3, -0.25) is 9.59 Å². The number of nitrogens with one attached hydrogen (secondary N) is 1. The quantitative estimate of drug-likeness (QED) is 0.158. The van der Waals surface area contributed by atoms with E-state index in [1.165, 1.54) is 6.20 Å². The maximum Gasteiger partial charge on any atom is 0.472 e. The third-order valence-corrected chi connectivity index (χ3v) is 6.71. The largest absolute Gasteiger partial charge is 0.472 e. The van der Waals surface area contributed by atoms with E-state index in [0.29, 0.717) is 35.3 Å². The molecule has 1 aromatic heterocycles. The van der Waals surface area contributed by atoms with Gasteiger partial charge in [-0.2, -0.15) is 0 Å². The van der Waals surface area contributed by atoms with Crippen molar-refractivity contribution in [3.8, 4) is 0 Å². The number of carbonyl (C=O) groups excluding carboxylic acids is 3. The fraction of sp³-hybridized carbons (Fsp3) is 0.417. The van der Waals surface area contributed by atoms with Crippen LogP contribution in [0.4, 0.5) is 10.5 Å². The van der Waals surface area contributed by atoms with Crippen LogP contribution < -0.4 is 11.1 Å². The van der Waals surface area contributed by atoms with Crippen molar-refractivity contribution in [3.63, 3.8) is 0 Å². The van der Waals surface area contributed by atoms with Crippen LogP contribution in [-0.4, -0.2) is 61.9 Å². The van der Waals surface area contributed by atoms with E-state index >= 15 is 0 Å². The lowest BCUT2D eigenvalue weighted by Gasteiger charge is -2.20. The molecule has 13 nitrogen and oxygen atoms in total. The molecule has 1 heterocycles. The maximum atomic E-state index is 13.4. The molecule has 0 unspecified atom stereocenters. The predicted octanol–water partition coefficient (Wildman–Crippen LogP) is 2.38. The molecule has 5 N–H and O–H groups in total. The van der Waals surface area contributed by atoms with Gasteiger partial charge < -0.3 is 30.1 Å². The van der Waals surface area contributed by atoms with Crippen LogP contribution in [0.3, 0.4) is 0 Å². The Morgan fingerprint density at radius 2 is 1.89 bits per heavy atom. The normalized spacial score (nSPS) is 15.8. The van der Waals surface area contributed by atoms with Crippen LogP contribution in [0.5, 0.6) is 0 Å². The number of benzene rings is 1. The van der Waals surface area contributed by atoms with Crippen molar-refractivity contribution in [2.24, 2.45) is 17.8 Å². The number of nitrogens with two attached hydrogens (primary N) is 1. The highest BCUT2D eigenvalue weighted by Gasteiger charge is 2.40. The van der Waals surface area contributed by atoms with Gasteiger partial charge in [0.25, 0.3) is 11.8 Å². The number of aryl methyl sites for hydroxylation is 2. The van der Waals surface area contributed by atoms with Crippen molar-refractivity contribution in [3.05, 3.63) is 52.3 Å². The fourth-order valence-corrected chi connectivity index (χ4v) is 4.15. The van der Waals surface area contributed by atoms with Gasteiger partial charge in [0.1, 0.15) is 5.84 Å². The van der Waals surface area contributed by atoms with Gasteiger partial charge in [0.05, 0.1) is 16.9 Å². The number of ether oxygens (including phenoxy) is 1. The van der Waals surface area contributed by atoms with Crippen molar-refractivity contribution < 1.29 is 38.0 Å². The molecule has 0 atom stereocenters.